The van der Waals surface area contributed by atoms with E-state index in [0.717, 1.165) is 18.8 Å². The van der Waals surface area contributed by atoms with Crippen molar-refractivity contribution in [1.29, 1.82) is 0 Å². The molecule has 5 heteroatoms. The van der Waals surface area contributed by atoms with Gasteiger partial charge in [-0.2, -0.15) is 0 Å². The predicted octanol–water partition coefficient (Wildman–Crippen LogP) is 1.84. The van der Waals surface area contributed by atoms with E-state index < -0.39 is 0 Å². The van der Waals surface area contributed by atoms with E-state index in [1.54, 1.807) is 11.3 Å². The lowest BCUT2D eigenvalue weighted by molar-refractivity contribution is -0.143. The van der Waals surface area contributed by atoms with Crippen molar-refractivity contribution in [2.24, 2.45) is 0 Å². The highest BCUT2D eigenvalue weighted by Gasteiger charge is 2.08. The van der Waals surface area contributed by atoms with E-state index in [1.165, 1.54) is 4.88 Å². The van der Waals surface area contributed by atoms with Crippen molar-refractivity contribution >= 4 is 17.3 Å². The minimum atomic E-state index is -0.129. The second-order valence-corrected chi connectivity index (χ2v) is 4.59. The fourth-order valence-electron chi connectivity index (χ4n) is 1.32. The average Bonchev–Trinajstić information content (AvgIpc) is 2.62. The number of hydrogen-bond donors (Lipinski definition) is 0. The summed E-state index contributed by atoms with van der Waals surface area (Å²) in [6.07, 6.45) is 0.447. The molecule has 0 aromatic carbocycles. The van der Waals surface area contributed by atoms with Gasteiger partial charge in [-0.25, -0.2) is 4.98 Å². The third kappa shape index (κ3) is 4.28. The Kier molecular flexibility index (Phi) is 5.42. The molecule has 0 aliphatic heterocycles. The summed E-state index contributed by atoms with van der Waals surface area (Å²) < 4.78 is 4.88. The van der Waals surface area contributed by atoms with Crippen LogP contribution in [0.3, 0.4) is 0 Å². The van der Waals surface area contributed by atoms with Crippen molar-refractivity contribution in [1.82, 2.24) is 9.88 Å². The smallest absolute Gasteiger partial charge is 0.307 e. The second kappa shape index (κ2) is 6.60. The Morgan fingerprint density at radius 1 is 1.62 bits per heavy atom. The van der Waals surface area contributed by atoms with Gasteiger partial charge in [0.15, 0.2) is 0 Å². The Morgan fingerprint density at radius 2 is 2.38 bits per heavy atom. The van der Waals surface area contributed by atoms with E-state index in [2.05, 4.69) is 9.88 Å². The lowest BCUT2D eigenvalue weighted by atomic mass is 10.3. The highest BCUT2D eigenvalue weighted by Crippen LogP contribution is 2.14. The second-order valence-electron chi connectivity index (χ2n) is 3.65. The molecule has 1 rings (SSSR count). The van der Waals surface area contributed by atoms with Gasteiger partial charge in [0, 0.05) is 18.0 Å². The molecule has 0 fully saturated rings. The number of carbonyl (C=O) groups excluding carboxylic acids is 1. The number of carbonyl (C=O) groups is 1. The molecular formula is C11H18N2O2S. The van der Waals surface area contributed by atoms with Crippen LogP contribution in [0.4, 0.5) is 0 Å². The highest BCUT2D eigenvalue weighted by molar-refractivity contribution is 7.09. The zero-order valence-electron chi connectivity index (χ0n) is 10.0. The van der Waals surface area contributed by atoms with E-state index in [1.807, 2.05) is 26.4 Å². The SMILES string of the molecule is CCOC(=O)CCN(C)Cc1scnc1C. The summed E-state index contributed by atoms with van der Waals surface area (Å²) in [7, 11) is 2.00. The summed E-state index contributed by atoms with van der Waals surface area (Å²) in [6.45, 7) is 5.84. The molecule has 0 spiro atoms. The van der Waals surface area contributed by atoms with Crippen LogP contribution in [0.15, 0.2) is 5.51 Å². The van der Waals surface area contributed by atoms with Crippen LogP contribution in [0.2, 0.25) is 0 Å². The first-order valence-corrected chi connectivity index (χ1v) is 6.24. The lowest BCUT2D eigenvalue weighted by Gasteiger charge is -2.15. The highest BCUT2D eigenvalue weighted by atomic mass is 32.1. The average molecular weight is 242 g/mol. The summed E-state index contributed by atoms with van der Waals surface area (Å²) in [5.74, 6) is -0.129. The molecule has 0 bridgehead atoms. The third-order valence-corrected chi connectivity index (χ3v) is 3.18. The minimum absolute atomic E-state index is 0.129. The Balaban J connectivity index is 2.28. The molecule has 0 saturated heterocycles. The van der Waals surface area contributed by atoms with Crippen molar-refractivity contribution in [2.45, 2.75) is 26.8 Å². The molecule has 90 valence electrons. The molecule has 0 amide bonds. The molecular weight excluding hydrogens is 224 g/mol. The van der Waals surface area contributed by atoms with E-state index in [0.29, 0.717) is 13.0 Å². The number of aryl methyl sites for hydroxylation is 1. The van der Waals surface area contributed by atoms with Crippen molar-refractivity contribution in [2.75, 3.05) is 20.2 Å². The Morgan fingerprint density at radius 3 is 2.94 bits per heavy atom. The fraction of sp³-hybridized carbons (Fsp3) is 0.636. The normalized spacial score (nSPS) is 10.8. The summed E-state index contributed by atoms with van der Waals surface area (Å²) >= 11 is 1.65. The van der Waals surface area contributed by atoms with E-state index in [-0.39, 0.29) is 5.97 Å². The molecule has 0 unspecified atom stereocenters. The molecule has 4 nitrogen and oxygen atoms in total. The van der Waals surface area contributed by atoms with Crippen LogP contribution in [0.25, 0.3) is 0 Å². The molecule has 1 aromatic rings. The van der Waals surface area contributed by atoms with Crippen LogP contribution in [-0.4, -0.2) is 36.1 Å². The maximum absolute atomic E-state index is 11.2. The largest absolute Gasteiger partial charge is 0.466 e. The molecule has 1 aromatic heterocycles. The van der Waals surface area contributed by atoms with Crippen molar-refractivity contribution < 1.29 is 9.53 Å². The standard InChI is InChI=1S/C11H18N2O2S/c1-4-15-11(14)5-6-13(3)7-10-9(2)12-8-16-10/h8H,4-7H2,1-3H3. The molecule has 16 heavy (non-hydrogen) atoms. The van der Waals surface area contributed by atoms with Gasteiger partial charge in [-0.15, -0.1) is 11.3 Å². The Hall–Kier alpha value is -0.940. The summed E-state index contributed by atoms with van der Waals surface area (Å²) in [6, 6.07) is 0. The first-order valence-electron chi connectivity index (χ1n) is 5.36. The molecule has 0 radical (unpaired) electrons. The number of rotatable bonds is 6. The fourth-order valence-corrected chi connectivity index (χ4v) is 2.17. The van der Waals surface area contributed by atoms with Crippen molar-refractivity contribution in [3.05, 3.63) is 16.1 Å². The van der Waals surface area contributed by atoms with Crippen LogP contribution in [0.1, 0.15) is 23.9 Å². The first-order chi connectivity index (χ1) is 7.63. The van der Waals surface area contributed by atoms with Gasteiger partial charge in [-0.1, -0.05) is 0 Å². The number of nitrogens with zero attached hydrogens (tertiary/aromatic N) is 2. The van der Waals surface area contributed by atoms with Gasteiger partial charge in [0.25, 0.3) is 0 Å². The monoisotopic (exact) mass is 242 g/mol. The molecule has 0 atom stereocenters. The Labute approximate surface area is 100 Å². The van der Waals surface area contributed by atoms with Gasteiger partial charge in [0.2, 0.25) is 0 Å². The summed E-state index contributed by atoms with van der Waals surface area (Å²) in [5, 5.41) is 0. The van der Waals surface area contributed by atoms with Gasteiger partial charge in [-0.3, -0.25) is 4.79 Å². The lowest BCUT2D eigenvalue weighted by Crippen LogP contribution is -2.22. The zero-order chi connectivity index (χ0) is 12.0. The van der Waals surface area contributed by atoms with E-state index in [4.69, 9.17) is 4.74 Å². The number of ether oxygens (including phenoxy) is 1. The maximum Gasteiger partial charge on any atom is 0.307 e. The number of aromatic nitrogens is 1. The topological polar surface area (TPSA) is 42.4 Å². The van der Waals surface area contributed by atoms with Crippen LogP contribution >= 0.6 is 11.3 Å². The van der Waals surface area contributed by atoms with Gasteiger partial charge < -0.3 is 9.64 Å². The van der Waals surface area contributed by atoms with E-state index in [9.17, 15) is 4.79 Å². The zero-order valence-corrected chi connectivity index (χ0v) is 10.8. The predicted molar refractivity (Wildman–Crippen MR) is 64.4 cm³/mol. The van der Waals surface area contributed by atoms with Gasteiger partial charge in [0.05, 0.1) is 24.2 Å². The molecule has 1 heterocycles. The van der Waals surface area contributed by atoms with Gasteiger partial charge in [-0.05, 0) is 20.9 Å². The number of thiazole rings is 1. The van der Waals surface area contributed by atoms with Crippen LogP contribution in [0.5, 0.6) is 0 Å². The first kappa shape index (κ1) is 13.1. The van der Waals surface area contributed by atoms with Crippen molar-refractivity contribution in [3.63, 3.8) is 0 Å². The summed E-state index contributed by atoms with van der Waals surface area (Å²) in [5.41, 5.74) is 2.93. The van der Waals surface area contributed by atoms with Crippen LogP contribution in [0, 0.1) is 6.92 Å². The van der Waals surface area contributed by atoms with Crippen LogP contribution in [-0.2, 0) is 16.1 Å². The van der Waals surface area contributed by atoms with Gasteiger partial charge in [0.1, 0.15) is 0 Å². The van der Waals surface area contributed by atoms with E-state index >= 15 is 0 Å². The molecule has 0 saturated carbocycles. The molecule has 0 aliphatic carbocycles. The Bertz CT molecular complexity index is 338. The summed E-state index contributed by atoms with van der Waals surface area (Å²) in [4.78, 5) is 18.7. The quantitative estimate of drug-likeness (QED) is 0.714. The number of hydrogen-bond acceptors (Lipinski definition) is 5. The van der Waals surface area contributed by atoms with Crippen molar-refractivity contribution in [3.8, 4) is 0 Å². The molecule has 0 aliphatic rings. The minimum Gasteiger partial charge on any atom is -0.466 e. The molecule has 0 N–H and O–H groups in total. The van der Waals surface area contributed by atoms with Gasteiger partial charge >= 0.3 is 5.97 Å². The maximum atomic E-state index is 11.2. The number of esters is 1. The third-order valence-electron chi connectivity index (χ3n) is 2.26. The van der Waals surface area contributed by atoms with Crippen LogP contribution < -0.4 is 0 Å².